The van der Waals surface area contributed by atoms with Gasteiger partial charge in [-0.05, 0) is 43.5 Å². The Hall–Kier alpha value is -2.97. The highest BCUT2D eigenvalue weighted by molar-refractivity contribution is 6.30. The highest BCUT2D eigenvalue weighted by atomic mass is 35.5. The number of carbonyl (C=O) groups excluding carboxylic acids is 1. The molecule has 0 radical (unpaired) electrons. The minimum Gasteiger partial charge on any atom is -0.378 e. The average Bonchev–Trinajstić information content (AvgIpc) is 3.11. The molecule has 9 heteroatoms. The van der Waals surface area contributed by atoms with E-state index in [0.717, 1.165) is 47.2 Å². The summed E-state index contributed by atoms with van der Waals surface area (Å²) in [6.45, 7) is 7.48. The summed E-state index contributed by atoms with van der Waals surface area (Å²) >= 11 is 5.91. The quantitative estimate of drug-likeness (QED) is 0.590. The van der Waals surface area contributed by atoms with E-state index < -0.39 is 0 Å². The summed E-state index contributed by atoms with van der Waals surface area (Å²) in [7, 11) is 0. The molecule has 168 valence electrons. The number of nitrogens with one attached hydrogen (secondary N) is 1. The highest BCUT2D eigenvalue weighted by Crippen LogP contribution is 2.21. The van der Waals surface area contributed by atoms with E-state index in [2.05, 4.69) is 25.3 Å². The third kappa shape index (κ3) is 5.26. The first kappa shape index (κ1) is 22.2. The number of nitrogens with zero attached hydrogens (tertiary/aromatic N) is 5. The zero-order valence-corrected chi connectivity index (χ0v) is 19.1. The maximum atomic E-state index is 12.4. The number of carbonyl (C=O) groups is 1. The fourth-order valence-corrected chi connectivity index (χ4v) is 3.93. The molecule has 3 aromatic rings. The van der Waals surface area contributed by atoms with Crippen LogP contribution in [0.3, 0.4) is 0 Å². The zero-order valence-electron chi connectivity index (χ0n) is 18.3. The van der Waals surface area contributed by atoms with Crippen molar-refractivity contribution in [3.8, 4) is 5.82 Å². The molecule has 0 unspecified atom stereocenters. The molecule has 4 rings (SSSR count). The molecule has 0 atom stereocenters. The van der Waals surface area contributed by atoms with Crippen molar-refractivity contribution in [2.45, 2.75) is 33.2 Å². The lowest BCUT2D eigenvalue weighted by molar-refractivity contribution is -0.121. The Morgan fingerprint density at radius 2 is 1.84 bits per heavy atom. The van der Waals surface area contributed by atoms with Crippen molar-refractivity contribution in [1.82, 2.24) is 25.1 Å². The van der Waals surface area contributed by atoms with Crippen LogP contribution in [-0.2, 0) is 22.5 Å². The summed E-state index contributed by atoms with van der Waals surface area (Å²) in [6, 6.07) is 9.42. The van der Waals surface area contributed by atoms with E-state index in [1.165, 1.54) is 0 Å². The molecule has 1 aromatic carbocycles. The molecule has 1 saturated heterocycles. The molecule has 8 nitrogen and oxygen atoms in total. The van der Waals surface area contributed by atoms with Gasteiger partial charge in [0.1, 0.15) is 12.1 Å². The Labute approximate surface area is 192 Å². The first-order valence-electron chi connectivity index (χ1n) is 10.7. The summed E-state index contributed by atoms with van der Waals surface area (Å²) in [6.07, 6.45) is 2.58. The monoisotopic (exact) mass is 454 g/mol. The molecule has 0 aliphatic carbocycles. The smallest absolute Gasteiger partial charge is 0.220 e. The Bertz CT molecular complexity index is 1080. The van der Waals surface area contributed by atoms with Gasteiger partial charge in [-0.15, -0.1) is 0 Å². The summed E-state index contributed by atoms with van der Waals surface area (Å²) in [5, 5.41) is 8.33. The largest absolute Gasteiger partial charge is 0.378 e. The minimum absolute atomic E-state index is 0.00291. The summed E-state index contributed by atoms with van der Waals surface area (Å²) in [5.41, 5.74) is 3.97. The van der Waals surface area contributed by atoms with Crippen molar-refractivity contribution in [2.24, 2.45) is 0 Å². The molecule has 2 aromatic heterocycles. The predicted octanol–water partition coefficient (Wildman–Crippen LogP) is 3.02. The summed E-state index contributed by atoms with van der Waals surface area (Å²) in [5.74, 6) is 1.60. The molecule has 1 aliphatic rings. The van der Waals surface area contributed by atoms with Gasteiger partial charge in [-0.1, -0.05) is 23.7 Å². The SMILES string of the molecule is Cc1nn(-c2cc(N3CCOCC3)ncn2)c(C)c1CCC(=O)NCc1ccc(Cl)cc1. The number of aromatic nitrogens is 4. The van der Waals surface area contributed by atoms with E-state index in [1.807, 2.05) is 48.9 Å². The number of anilines is 1. The summed E-state index contributed by atoms with van der Waals surface area (Å²) in [4.78, 5) is 23.4. The van der Waals surface area contributed by atoms with E-state index in [0.29, 0.717) is 37.6 Å². The number of aryl methyl sites for hydroxylation is 1. The van der Waals surface area contributed by atoms with Crippen molar-refractivity contribution in [1.29, 1.82) is 0 Å². The van der Waals surface area contributed by atoms with Gasteiger partial charge in [0.05, 0.1) is 18.9 Å². The number of halogens is 1. The van der Waals surface area contributed by atoms with Crippen molar-refractivity contribution in [3.05, 3.63) is 64.2 Å². The molecule has 1 aliphatic heterocycles. The number of hydrogen-bond donors (Lipinski definition) is 1. The van der Waals surface area contributed by atoms with Gasteiger partial charge < -0.3 is 15.0 Å². The zero-order chi connectivity index (χ0) is 22.5. The van der Waals surface area contributed by atoms with Crippen LogP contribution < -0.4 is 10.2 Å². The van der Waals surface area contributed by atoms with Gasteiger partial charge in [0.25, 0.3) is 0 Å². The second kappa shape index (κ2) is 10.1. The minimum atomic E-state index is 0.00291. The Balaban J connectivity index is 1.40. The molecule has 0 spiro atoms. The van der Waals surface area contributed by atoms with Gasteiger partial charge in [0.2, 0.25) is 5.91 Å². The average molecular weight is 455 g/mol. The van der Waals surface area contributed by atoms with Crippen LogP contribution in [0.4, 0.5) is 5.82 Å². The standard InChI is InChI=1S/C23H27ClN6O2/c1-16-20(7-8-23(31)25-14-18-3-5-19(24)6-4-18)17(2)30(28-16)22-13-21(26-15-27-22)29-9-11-32-12-10-29/h3-6,13,15H,7-12,14H2,1-2H3,(H,25,31). The van der Waals surface area contributed by atoms with Gasteiger partial charge in [0.15, 0.2) is 5.82 Å². The fourth-order valence-electron chi connectivity index (χ4n) is 3.81. The second-order valence-corrected chi connectivity index (χ2v) is 8.23. The lowest BCUT2D eigenvalue weighted by Crippen LogP contribution is -2.36. The molecule has 3 heterocycles. The lowest BCUT2D eigenvalue weighted by atomic mass is 10.1. The molecule has 0 saturated carbocycles. The van der Waals surface area contributed by atoms with E-state index >= 15 is 0 Å². The van der Waals surface area contributed by atoms with Gasteiger partial charge in [0, 0.05) is 42.8 Å². The highest BCUT2D eigenvalue weighted by Gasteiger charge is 2.17. The first-order valence-corrected chi connectivity index (χ1v) is 11.1. The van der Waals surface area contributed by atoms with Gasteiger partial charge >= 0.3 is 0 Å². The molecule has 1 amide bonds. The third-order valence-electron chi connectivity index (χ3n) is 5.64. The molecule has 1 fully saturated rings. The first-order chi connectivity index (χ1) is 15.5. The van der Waals surface area contributed by atoms with Crippen LogP contribution in [0.5, 0.6) is 0 Å². The molecular formula is C23H27ClN6O2. The van der Waals surface area contributed by atoms with Crippen molar-refractivity contribution in [2.75, 3.05) is 31.2 Å². The fraction of sp³-hybridized carbons (Fsp3) is 0.391. The molecular weight excluding hydrogens is 428 g/mol. The number of benzene rings is 1. The summed E-state index contributed by atoms with van der Waals surface area (Å²) < 4.78 is 7.26. The van der Waals surface area contributed by atoms with Crippen LogP contribution in [0.25, 0.3) is 5.82 Å². The number of hydrogen-bond acceptors (Lipinski definition) is 6. The second-order valence-electron chi connectivity index (χ2n) is 7.80. The van der Waals surface area contributed by atoms with Crippen LogP contribution in [-0.4, -0.2) is 52.0 Å². The maximum Gasteiger partial charge on any atom is 0.220 e. The van der Waals surface area contributed by atoms with Crippen molar-refractivity contribution in [3.63, 3.8) is 0 Å². The van der Waals surface area contributed by atoms with Gasteiger partial charge in [-0.3, -0.25) is 4.79 Å². The Morgan fingerprint density at radius 3 is 2.59 bits per heavy atom. The predicted molar refractivity (Wildman–Crippen MR) is 123 cm³/mol. The van der Waals surface area contributed by atoms with Crippen LogP contribution in [0.15, 0.2) is 36.7 Å². The van der Waals surface area contributed by atoms with E-state index in [4.69, 9.17) is 16.3 Å². The third-order valence-corrected chi connectivity index (χ3v) is 5.89. The normalized spacial score (nSPS) is 13.9. The lowest BCUT2D eigenvalue weighted by Gasteiger charge is -2.27. The van der Waals surface area contributed by atoms with E-state index in [9.17, 15) is 4.79 Å². The number of rotatable bonds is 7. The van der Waals surface area contributed by atoms with Gasteiger partial charge in [-0.25, -0.2) is 14.6 Å². The maximum absolute atomic E-state index is 12.4. The van der Waals surface area contributed by atoms with Gasteiger partial charge in [-0.2, -0.15) is 5.10 Å². The molecule has 32 heavy (non-hydrogen) atoms. The number of amides is 1. The van der Waals surface area contributed by atoms with Crippen molar-refractivity contribution >= 4 is 23.3 Å². The molecule has 0 bridgehead atoms. The Morgan fingerprint density at radius 1 is 1.12 bits per heavy atom. The van der Waals surface area contributed by atoms with Crippen molar-refractivity contribution < 1.29 is 9.53 Å². The van der Waals surface area contributed by atoms with Crippen LogP contribution in [0, 0.1) is 13.8 Å². The van der Waals surface area contributed by atoms with E-state index in [1.54, 1.807) is 6.33 Å². The van der Waals surface area contributed by atoms with Crippen LogP contribution in [0.2, 0.25) is 5.02 Å². The Kier molecular flexibility index (Phi) is 7.02. The molecule has 1 N–H and O–H groups in total. The van der Waals surface area contributed by atoms with Crippen LogP contribution >= 0.6 is 11.6 Å². The number of ether oxygens (including phenoxy) is 1. The number of morpholine rings is 1. The van der Waals surface area contributed by atoms with E-state index in [-0.39, 0.29) is 5.91 Å². The van der Waals surface area contributed by atoms with Crippen LogP contribution in [0.1, 0.15) is 28.9 Å². The topological polar surface area (TPSA) is 85.2 Å².